The Balaban J connectivity index is 0.000000695. The van der Waals surface area contributed by atoms with E-state index in [0.717, 1.165) is 25.0 Å². The monoisotopic (exact) mass is 500 g/mol. The quantitative estimate of drug-likeness (QED) is 0.226. The lowest BCUT2D eigenvalue weighted by Crippen LogP contribution is -2.21. The average Bonchev–Trinajstić information content (AvgIpc) is 2.93. The first-order chi connectivity index (χ1) is 18.0. The van der Waals surface area contributed by atoms with Gasteiger partial charge in [0.15, 0.2) is 0 Å². The second-order valence-corrected chi connectivity index (χ2v) is 10.7. The Morgan fingerprint density at radius 2 is 1.62 bits per heavy atom. The Hall–Kier alpha value is -2.75. The highest BCUT2D eigenvalue weighted by molar-refractivity contribution is 5.88. The number of allylic oxidation sites excluding steroid dienone is 1. The molecule has 0 bridgehead atoms. The summed E-state index contributed by atoms with van der Waals surface area (Å²) in [6, 6.07) is 23.0. The van der Waals surface area contributed by atoms with E-state index < -0.39 is 0 Å². The maximum absolute atomic E-state index is 9.56. The van der Waals surface area contributed by atoms with Gasteiger partial charge in [-0.2, -0.15) is 0 Å². The molecule has 0 amide bonds. The number of aliphatic hydroxyl groups is 1. The predicted octanol–water partition coefficient (Wildman–Crippen LogP) is 8.14. The molecule has 0 spiro atoms. The molecule has 0 aromatic heterocycles. The van der Waals surface area contributed by atoms with E-state index in [1.54, 1.807) is 14.0 Å². The first kappa shape index (κ1) is 28.8. The van der Waals surface area contributed by atoms with Crippen LogP contribution in [-0.2, 0) is 16.0 Å². The number of ether oxygens (including phenoxy) is 1. The van der Waals surface area contributed by atoms with Gasteiger partial charge < -0.3 is 9.84 Å². The van der Waals surface area contributed by atoms with Gasteiger partial charge in [0.2, 0.25) is 0 Å². The third-order valence-electron chi connectivity index (χ3n) is 7.54. The number of rotatable bonds is 10. The third-order valence-corrected chi connectivity index (χ3v) is 7.54. The summed E-state index contributed by atoms with van der Waals surface area (Å²) in [6.07, 6.45) is 9.18. The summed E-state index contributed by atoms with van der Waals surface area (Å²) in [5.41, 5.74) is 6.07. The van der Waals surface area contributed by atoms with Crippen LogP contribution in [0.1, 0.15) is 69.4 Å². The Bertz CT molecular complexity index is 1120. The van der Waals surface area contributed by atoms with Gasteiger partial charge in [0.25, 0.3) is 0 Å². The number of aldehydes is 1. The molecular weight excluding hydrogens is 456 g/mol. The van der Waals surface area contributed by atoms with Crippen molar-refractivity contribution in [3.63, 3.8) is 0 Å². The molecule has 0 heterocycles. The van der Waals surface area contributed by atoms with Crippen LogP contribution in [0.4, 0.5) is 0 Å². The van der Waals surface area contributed by atoms with Crippen LogP contribution in [0.3, 0.4) is 0 Å². The van der Waals surface area contributed by atoms with E-state index >= 15 is 0 Å². The van der Waals surface area contributed by atoms with Gasteiger partial charge in [0.1, 0.15) is 6.29 Å². The van der Waals surface area contributed by atoms with Gasteiger partial charge in [-0.3, -0.25) is 4.79 Å². The Labute approximate surface area is 223 Å². The molecular formula is C34H44O3. The summed E-state index contributed by atoms with van der Waals surface area (Å²) in [7, 11) is 1.73. The zero-order chi connectivity index (χ0) is 26.6. The molecule has 3 aromatic carbocycles. The average molecular weight is 501 g/mol. The highest BCUT2D eigenvalue weighted by Gasteiger charge is 2.24. The van der Waals surface area contributed by atoms with Crippen LogP contribution >= 0.6 is 0 Å². The molecule has 0 aliphatic heterocycles. The van der Waals surface area contributed by atoms with Gasteiger partial charge in [0.05, 0.1) is 6.61 Å². The smallest absolute Gasteiger partial charge is 0.145 e. The van der Waals surface area contributed by atoms with Crippen LogP contribution in [0.2, 0.25) is 0 Å². The summed E-state index contributed by atoms with van der Waals surface area (Å²) in [5.74, 6) is 1.68. The van der Waals surface area contributed by atoms with E-state index in [0.29, 0.717) is 24.0 Å². The maximum Gasteiger partial charge on any atom is 0.145 e. The highest BCUT2D eigenvalue weighted by Crippen LogP contribution is 2.39. The van der Waals surface area contributed by atoms with Crippen LogP contribution in [0.15, 0.2) is 72.8 Å². The molecule has 1 aliphatic rings. The van der Waals surface area contributed by atoms with Crippen LogP contribution in [0, 0.1) is 11.8 Å². The van der Waals surface area contributed by atoms with E-state index in [1.807, 2.05) is 0 Å². The Morgan fingerprint density at radius 1 is 1.00 bits per heavy atom. The third kappa shape index (κ3) is 8.66. The van der Waals surface area contributed by atoms with Crippen molar-refractivity contribution in [2.45, 2.75) is 64.7 Å². The van der Waals surface area contributed by atoms with Crippen molar-refractivity contribution in [3.05, 3.63) is 83.9 Å². The molecule has 1 saturated carbocycles. The SMILES string of the molecule is C=C(C)C=O.CCCc1ccc(-c2ccc3cc(C4CCC(CC(CO)COC)CC4)ccc3c2)cc1. The van der Waals surface area contributed by atoms with Gasteiger partial charge >= 0.3 is 0 Å². The fourth-order valence-corrected chi connectivity index (χ4v) is 5.48. The zero-order valence-corrected chi connectivity index (χ0v) is 22.9. The van der Waals surface area contributed by atoms with Gasteiger partial charge in [-0.05, 0) is 102 Å². The lowest BCUT2D eigenvalue weighted by Gasteiger charge is -2.30. The van der Waals surface area contributed by atoms with Crippen LogP contribution in [0.25, 0.3) is 21.9 Å². The van der Waals surface area contributed by atoms with E-state index in [-0.39, 0.29) is 6.61 Å². The summed E-state index contributed by atoms with van der Waals surface area (Å²) in [6.45, 7) is 8.11. The molecule has 4 rings (SSSR count). The molecule has 0 saturated heterocycles. The van der Waals surface area contributed by atoms with Crippen molar-refractivity contribution >= 4 is 17.1 Å². The summed E-state index contributed by atoms with van der Waals surface area (Å²) >= 11 is 0. The molecule has 3 aromatic rings. The fraction of sp³-hybridized carbons (Fsp3) is 0.441. The molecule has 1 atom stereocenters. The second kappa shape index (κ2) is 14.9. The number of carbonyl (C=O) groups is 1. The van der Waals surface area contributed by atoms with Crippen LogP contribution in [0.5, 0.6) is 0 Å². The van der Waals surface area contributed by atoms with Crippen molar-refractivity contribution in [3.8, 4) is 11.1 Å². The fourth-order valence-electron chi connectivity index (χ4n) is 5.48. The lowest BCUT2D eigenvalue weighted by molar-refractivity contribution is -0.104. The number of fused-ring (bicyclic) bond motifs is 1. The summed E-state index contributed by atoms with van der Waals surface area (Å²) in [5, 5.41) is 12.2. The second-order valence-electron chi connectivity index (χ2n) is 10.7. The largest absolute Gasteiger partial charge is 0.396 e. The minimum atomic E-state index is 0.239. The van der Waals surface area contributed by atoms with Crippen molar-refractivity contribution in [2.75, 3.05) is 20.3 Å². The number of methoxy groups -OCH3 is 1. The molecule has 198 valence electrons. The van der Waals surface area contributed by atoms with Gasteiger partial charge in [0, 0.05) is 19.6 Å². The van der Waals surface area contributed by atoms with Gasteiger partial charge in [-0.15, -0.1) is 0 Å². The predicted molar refractivity (Wildman–Crippen MR) is 156 cm³/mol. The molecule has 3 nitrogen and oxygen atoms in total. The van der Waals surface area contributed by atoms with Crippen molar-refractivity contribution in [2.24, 2.45) is 11.8 Å². The number of carbonyl (C=O) groups excluding carboxylic acids is 1. The molecule has 37 heavy (non-hydrogen) atoms. The molecule has 1 fully saturated rings. The Morgan fingerprint density at radius 3 is 2.22 bits per heavy atom. The van der Waals surface area contributed by atoms with Gasteiger partial charge in [-0.1, -0.05) is 74.5 Å². The summed E-state index contributed by atoms with van der Waals surface area (Å²) in [4.78, 5) is 9.41. The number of aliphatic hydroxyl groups excluding tert-OH is 1. The molecule has 1 aliphatic carbocycles. The van der Waals surface area contributed by atoms with Crippen LogP contribution < -0.4 is 0 Å². The molecule has 1 unspecified atom stereocenters. The maximum atomic E-state index is 9.56. The Kier molecular flexibility index (Phi) is 11.6. The van der Waals surface area contributed by atoms with Crippen molar-refractivity contribution in [1.29, 1.82) is 0 Å². The molecule has 3 heteroatoms. The number of aryl methyl sites for hydroxylation is 1. The molecule has 1 N–H and O–H groups in total. The molecule has 0 radical (unpaired) electrons. The first-order valence-corrected chi connectivity index (χ1v) is 13.8. The highest BCUT2D eigenvalue weighted by atomic mass is 16.5. The zero-order valence-electron chi connectivity index (χ0n) is 22.9. The number of benzene rings is 3. The van der Waals surface area contributed by atoms with E-state index in [2.05, 4.69) is 74.2 Å². The lowest BCUT2D eigenvalue weighted by atomic mass is 9.75. The topological polar surface area (TPSA) is 46.5 Å². The number of hydrogen-bond acceptors (Lipinski definition) is 3. The van der Waals surface area contributed by atoms with E-state index in [4.69, 9.17) is 4.74 Å². The minimum absolute atomic E-state index is 0.239. The first-order valence-electron chi connectivity index (χ1n) is 13.8. The van der Waals surface area contributed by atoms with E-state index in [9.17, 15) is 9.90 Å². The standard InChI is InChI=1S/C30H38O2.C4H6O/c1-3-4-22-5-9-25(10-6-22)27-13-15-30-19-28(14-16-29(30)18-27)26-11-7-23(8-12-26)17-24(20-31)21-32-2;1-4(2)3-5/h5-6,9-10,13-16,18-19,23-24,26,31H,3-4,7-8,11-12,17,20-21H2,1-2H3;3H,1H2,2H3. The number of hydrogen-bond donors (Lipinski definition) is 1. The minimum Gasteiger partial charge on any atom is -0.396 e. The van der Waals surface area contributed by atoms with Crippen molar-refractivity contribution < 1.29 is 14.6 Å². The van der Waals surface area contributed by atoms with E-state index in [1.165, 1.54) is 65.1 Å². The van der Waals surface area contributed by atoms with Gasteiger partial charge in [-0.25, -0.2) is 0 Å². The van der Waals surface area contributed by atoms with Crippen molar-refractivity contribution in [1.82, 2.24) is 0 Å². The summed E-state index contributed by atoms with van der Waals surface area (Å²) < 4.78 is 5.26. The van der Waals surface area contributed by atoms with Crippen LogP contribution in [-0.4, -0.2) is 31.7 Å². The normalized spacial score (nSPS) is 18.1.